The van der Waals surface area contributed by atoms with Gasteiger partial charge in [-0.2, -0.15) is 0 Å². The Morgan fingerprint density at radius 1 is 1.14 bits per heavy atom. The zero-order valence-corrected chi connectivity index (χ0v) is 14.1. The lowest BCUT2D eigenvalue weighted by Gasteiger charge is -2.40. The van der Waals surface area contributed by atoms with Crippen molar-refractivity contribution in [2.24, 2.45) is 5.41 Å². The summed E-state index contributed by atoms with van der Waals surface area (Å²) in [5.74, 6) is -1.48. The molecule has 0 saturated carbocycles. The number of aliphatic carboxylic acids is 1. The Bertz CT molecular complexity index is 343. The van der Waals surface area contributed by atoms with Crippen molar-refractivity contribution in [3.05, 3.63) is 0 Å². The normalized spacial score (nSPS) is 33.9. The molecule has 1 aliphatic heterocycles. The molecule has 0 spiro atoms. The van der Waals surface area contributed by atoms with Crippen LogP contribution in [-0.4, -0.2) is 86.1 Å². The van der Waals surface area contributed by atoms with Gasteiger partial charge in [-0.1, -0.05) is 31.9 Å². The van der Waals surface area contributed by atoms with Crippen molar-refractivity contribution in [1.82, 2.24) is 0 Å². The fourth-order valence-electron chi connectivity index (χ4n) is 1.69. The minimum atomic E-state index is -1.76. The zero-order chi connectivity index (χ0) is 16.2. The fraction of sp³-hybridized carbons (Fsp3) is 0.909. The van der Waals surface area contributed by atoms with Crippen LogP contribution in [-0.2, 0) is 14.3 Å². The van der Waals surface area contributed by atoms with Gasteiger partial charge in [0.25, 0.3) is 0 Å². The van der Waals surface area contributed by atoms with E-state index in [0.29, 0.717) is 10.7 Å². The molecule has 5 unspecified atom stereocenters. The number of aliphatic hydroxyl groups excluding tert-OH is 4. The standard InChI is InChI=1S/C11H18Br2O8/c12-1-11(2-13,3-14)4-20-10-7(17)5(15)6(16)8(21-10)9(18)19/h5-8,10,14-17H,1-4H2,(H,18,19). The first-order valence-electron chi connectivity index (χ1n) is 6.09. The predicted octanol–water partition coefficient (Wildman–Crippen LogP) is -1.34. The van der Waals surface area contributed by atoms with Gasteiger partial charge in [-0.25, -0.2) is 4.79 Å². The van der Waals surface area contributed by atoms with Crippen molar-refractivity contribution in [1.29, 1.82) is 0 Å². The first kappa shape index (κ1) is 19.2. The van der Waals surface area contributed by atoms with Crippen molar-refractivity contribution < 1.29 is 39.8 Å². The Labute approximate surface area is 137 Å². The maximum absolute atomic E-state index is 10.9. The Morgan fingerprint density at radius 3 is 2.14 bits per heavy atom. The molecule has 124 valence electrons. The van der Waals surface area contributed by atoms with Crippen LogP contribution in [0.3, 0.4) is 0 Å². The number of rotatable bonds is 7. The molecule has 1 rings (SSSR count). The molecule has 0 radical (unpaired) electrons. The number of aliphatic hydroxyl groups is 4. The summed E-state index contributed by atoms with van der Waals surface area (Å²) in [6, 6.07) is 0. The summed E-state index contributed by atoms with van der Waals surface area (Å²) in [6.07, 6.45) is -8.19. The second-order valence-corrected chi connectivity index (χ2v) is 6.09. The maximum atomic E-state index is 10.9. The fourth-order valence-corrected chi connectivity index (χ4v) is 3.30. The van der Waals surface area contributed by atoms with Gasteiger partial charge in [-0.3, -0.25) is 0 Å². The first-order chi connectivity index (χ1) is 9.81. The average Bonchev–Trinajstić information content (AvgIpc) is 2.48. The zero-order valence-electron chi connectivity index (χ0n) is 10.9. The Morgan fingerprint density at radius 2 is 1.71 bits per heavy atom. The van der Waals surface area contributed by atoms with Crippen molar-refractivity contribution in [2.45, 2.75) is 30.7 Å². The number of carboxylic acids is 1. The van der Waals surface area contributed by atoms with Crippen molar-refractivity contribution in [3.8, 4) is 0 Å². The van der Waals surface area contributed by atoms with Crippen LogP contribution in [0.5, 0.6) is 0 Å². The SMILES string of the molecule is O=C(O)C1OC(OCC(CO)(CBr)CBr)C(O)C(O)C1O. The molecule has 1 heterocycles. The van der Waals surface area contributed by atoms with E-state index in [1.54, 1.807) is 0 Å². The van der Waals surface area contributed by atoms with Gasteiger partial charge in [-0.05, 0) is 0 Å². The van der Waals surface area contributed by atoms with Gasteiger partial charge in [0.1, 0.15) is 18.3 Å². The lowest BCUT2D eigenvalue weighted by molar-refractivity contribution is -0.298. The molecule has 1 saturated heterocycles. The van der Waals surface area contributed by atoms with E-state index >= 15 is 0 Å². The van der Waals surface area contributed by atoms with Gasteiger partial charge in [0.15, 0.2) is 12.4 Å². The van der Waals surface area contributed by atoms with Gasteiger partial charge >= 0.3 is 5.97 Å². The highest BCUT2D eigenvalue weighted by atomic mass is 79.9. The molecule has 0 aromatic rings. The summed E-state index contributed by atoms with van der Waals surface area (Å²) in [5, 5.41) is 48.0. The third kappa shape index (κ3) is 4.35. The molecule has 0 amide bonds. The van der Waals surface area contributed by atoms with Crippen LogP contribution in [0.4, 0.5) is 0 Å². The van der Waals surface area contributed by atoms with Gasteiger partial charge in [0, 0.05) is 16.1 Å². The van der Waals surface area contributed by atoms with Crippen LogP contribution in [0.15, 0.2) is 0 Å². The van der Waals surface area contributed by atoms with Crippen LogP contribution in [0.25, 0.3) is 0 Å². The average molecular weight is 438 g/mol. The molecule has 5 N–H and O–H groups in total. The highest BCUT2D eigenvalue weighted by Gasteiger charge is 2.48. The van der Waals surface area contributed by atoms with Gasteiger partial charge in [0.05, 0.1) is 13.2 Å². The van der Waals surface area contributed by atoms with Crippen molar-refractivity contribution in [2.75, 3.05) is 23.9 Å². The number of hydrogen-bond acceptors (Lipinski definition) is 7. The molecule has 0 aromatic heterocycles. The molecule has 0 aliphatic carbocycles. The van der Waals surface area contributed by atoms with Crippen LogP contribution < -0.4 is 0 Å². The summed E-state index contributed by atoms with van der Waals surface area (Å²) in [4.78, 5) is 10.9. The molecule has 21 heavy (non-hydrogen) atoms. The van der Waals surface area contributed by atoms with Crippen LogP contribution >= 0.6 is 31.9 Å². The van der Waals surface area contributed by atoms with Crippen LogP contribution in [0.1, 0.15) is 0 Å². The highest BCUT2D eigenvalue weighted by molar-refractivity contribution is 9.09. The summed E-state index contributed by atoms with van der Waals surface area (Å²) in [7, 11) is 0. The maximum Gasteiger partial charge on any atom is 0.335 e. The largest absolute Gasteiger partial charge is 0.479 e. The molecular weight excluding hydrogens is 420 g/mol. The van der Waals surface area contributed by atoms with Crippen molar-refractivity contribution >= 4 is 37.8 Å². The topological polar surface area (TPSA) is 137 Å². The molecule has 10 heteroatoms. The lowest BCUT2D eigenvalue weighted by atomic mass is 9.95. The second-order valence-electron chi connectivity index (χ2n) is 4.97. The van der Waals surface area contributed by atoms with Crippen molar-refractivity contribution in [3.63, 3.8) is 0 Å². The summed E-state index contributed by atoms with van der Waals surface area (Å²) >= 11 is 6.47. The monoisotopic (exact) mass is 436 g/mol. The number of hydrogen-bond donors (Lipinski definition) is 5. The molecule has 0 bridgehead atoms. The smallest absolute Gasteiger partial charge is 0.335 e. The Hall–Kier alpha value is 0.190. The van der Waals surface area contributed by atoms with E-state index in [2.05, 4.69) is 31.9 Å². The minimum Gasteiger partial charge on any atom is -0.479 e. The predicted molar refractivity (Wildman–Crippen MR) is 77.4 cm³/mol. The molecule has 1 aliphatic rings. The minimum absolute atomic E-state index is 0.0586. The highest BCUT2D eigenvalue weighted by Crippen LogP contribution is 2.27. The Kier molecular flexibility index (Phi) is 7.47. The second kappa shape index (κ2) is 8.16. The van der Waals surface area contributed by atoms with E-state index < -0.39 is 42.1 Å². The van der Waals surface area contributed by atoms with E-state index in [-0.39, 0.29) is 13.2 Å². The van der Waals surface area contributed by atoms with E-state index in [4.69, 9.17) is 14.6 Å². The van der Waals surface area contributed by atoms with E-state index in [1.165, 1.54) is 0 Å². The van der Waals surface area contributed by atoms with E-state index in [1.807, 2.05) is 0 Å². The quantitative estimate of drug-likeness (QED) is 0.309. The van der Waals surface area contributed by atoms with Gasteiger partial charge < -0.3 is 35.0 Å². The lowest BCUT2D eigenvalue weighted by Crippen LogP contribution is -2.60. The third-order valence-electron chi connectivity index (χ3n) is 3.27. The van der Waals surface area contributed by atoms with Crippen LogP contribution in [0, 0.1) is 5.41 Å². The first-order valence-corrected chi connectivity index (χ1v) is 8.33. The summed E-state index contributed by atoms with van der Waals surface area (Å²) < 4.78 is 10.3. The van der Waals surface area contributed by atoms with E-state index in [9.17, 15) is 25.2 Å². The number of alkyl halides is 2. The summed E-state index contributed by atoms with van der Waals surface area (Å²) in [6.45, 7) is -0.281. The molecule has 0 aromatic carbocycles. The van der Waals surface area contributed by atoms with Gasteiger partial charge in [-0.15, -0.1) is 0 Å². The molecular formula is C11H18Br2O8. The number of carboxylic acid groups (broad SMARTS) is 1. The molecule has 8 nitrogen and oxygen atoms in total. The number of halogens is 2. The third-order valence-corrected chi connectivity index (χ3v) is 5.65. The van der Waals surface area contributed by atoms with E-state index in [0.717, 1.165) is 0 Å². The molecule has 5 atom stereocenters. The summed E-state index contributed by atoms with van der Waals surface area (Å²) in [5.41, 5.74) is -0.692. The number of carbonyl (C=O) groups is 1. The van der Waals surface area contributed by atoms with Crippen LogP contribution in [0.2, 0.25) is 0 Å². The Balaban J connectivity index is 2.75. The number of ether oxygens (including phenoxy) is 2. The van der Waals surface area contributed by atoms with Gasteiger partial charge in [0.2, 0.25) is 0 Å². The molecule has 1 fully saturated rings.